The van der Waals surface area contributed by atoms with E-state index in [1.54, 1.807) is 6.07 Å². The van der Waals surface area contributed by atoms with Gasteiger partial charge < -0.3 is 0 Å². The molecule has 2 heterocycles. The molecule has 1 aromatic heterocycles. The van der Waals surface area contributed by atoms with E-state index in [1.165, 1.54) is 22.8 Å². The van der Waals surface area contributed by atoms with Crippen LogP contribution in [0.15, 0.2) is 42.6 Å². The number of hydrogen-bond acceptors (Lipinski definition) is 4. The first-order valence-corrected chi connectivity index (χ1v) is 10.1. The lowest BCUT2D eigenvalue weighted by atomic mass is 9.79. The molecular weight excluding hydrogens is 383 g/mol. The van der Waals surface area contributed by atoms with Crippen LogP contribution in [0.3, 0.4) is 0 Å². The van der Waals surface area contributed by atoms with Crippen molar-refractivity contribution in [3.05, 3.63) is 65.1 Å². The van der Waals surface area contributed by atoms with E-state index in [4.69, 9.17) is 10.1 Å². The van der Waals surface area contributed by atoms with Crippen molar-refractivity contribution in [2.24, 2.45) is 5.92 Å². The van der Waals surface area contributed by atoms with E-state index < -0.39 is 5.82 Å². The fourth-order valence-corrected chi connectivity index (χ4v) is 4.40. The Morgan fingerprint density at radius 2 is 2.10 bits per heavy atom. The van der Waals surface area contributed by atoms with Crippen LogP contribution in [0.1, 0.15) is 48.0 Å². The molecule has 7 heteroatoms. The van der Waals surface area contributed by atoms with Gasteiger partial charge in [-0.15, -0.1) is 0 Å². The Hall–Kier alpha value is -3.24. The molecule has 1 atom stereocenters. The van der Waals surface area contributed by atoms with E-state index in [1.807, 2.05) is 29.1 Å². The smallest absolute Gasteiger partial charge is 0.249 e. The van der Waals surface area contributed by atoms with Gasteiger partial charge in [0.1, 0.15) is 5.82 Å². The molecule has 2 aromatic carbocycles. The topological polar surface area (TPSA) is 71.2 Å². The minimum Gasteiger partial charge on any atom is -0.272 e. The van der Waals surface area contributed by atoms with Gasteiger partial charge in [-0.25, -0.2) is 9.45 Å². The van der Waals surface area contributed by atoms with Crippen molar-refractivity contribution >= 4 is 16.8 Å². The number of hydroxylamine groups is 2. The van der Waals surface area contributed by atoms with Gasteiger partial charge >= 0.3 is 0 Å². The maximum atomic E-state index is 13.9. The highest BCUT2D eigenvalue weighted by Crippen LogP contribution is 2.42. The second kappa shape index (κ2) is 7.22. The van der Waals surface area contributed by atoms with Crippen molar-refractivity contribution in [3.8, 4) is 6.07 Å². The Kier molecular flexibility index (Phi) is 4.52. The first-order chi connectivity index (χ1) is 14.5. The summed E-state index contributed by atoms with van der Waals surface area (Å²) in [7, 11) is 0. The number of carbonyl (C=O) groups excluding carboxylic acids is 1. The van der Waals surface area contributed by atoms with Crippen LogP contribution in [-0.4, -0.2) is 27.4 Å². The SMILES string of the molecule is Cc1ccc2nn(C3CC(C(=O)N4OCCC4c4cc(F)cc(C#N)c4)C3)cc2c1. The predicted octanol–water partition coefficient (Wildman–Crippen LogP) is 4.21. The van der Waals surface area contributed by atoms with Crippen LogP contribution in [0.4, 0.5) is 4.39 Å². The average molecular weight is 404 g/mol. The number of halogens is 1. The molecule has 1 aliphatic carbocycles. The van der Waals surface area contributed by atoms with Gasteiger partial charge in [-0.2, -0.15) is 10.4 Å². The molecule has 5 rings (SSSR count). The van der Waals surface area contributed by atoms with E-state index in [-0.39, 0.29) is 29.5 Å². The number of hydrogen-bond donors (Lipinski definition) is 0. The third-order valence-corrected chi connectivity index (χ3v) is 6.07. The van der Waals surface area contributed by atoms with Crippen LogP contribution in [0.2, 0.25) is 0 Å². The Morgan fingerprint density at radius 3 is 2.90 bits per heavy atom. The van der Waals surface area contributed by atoms with Gasteiger partial charge in [0.25, 0.3) is 0 Å². The Balaban J connectivity index is 1.29. The molecule has 2 aliphatic rings. The van der Waals surface area contributed by atoms with Gasteiger partial charge in [-0.05, 0) is 55.7 Å². The Labute approximate surface area is 173 Å². The highest BCUT2D eigenvalue weighted by atomic mass is 19.1. The molecule has 2 fully saturated rings. The minimum atomic E-state index is -0.479. The molecule has 1 unspecified atom stereocenters. The quantitative estimate of drug-likeness (QED) is 0.656. The molecule has 1 saturated carbocycles. The van der Waals surface area contributed by atoms with Crippen LogP contribution in [-0.2, 0) is 9.63 Å². The van der Waals surface area contributed by atoms with Crippen molar-refractivity contribution in [2.45, 2.75) is 38.3 Å². The van der Waals surface area contributed by atoms with E-state index in [9.17, 15) is 9.18 Å². The number of aromatic nitrogens is 2. The van der Waals surface area contributed by atoms with Crippen molar-refractivity contribution in [2.75, 3.05) is 6.61 Å². The number of carbonyl (C=O) groups is 1. The van der Waals surface area contributed by atoms with Crippen LogP contribution < -0.4 is 0 Å². The van der Waals surface area contributed by atoms with Gasteiger partial charge in [0, 0.05) is 23.9 Å². The summed E-state index contributed by atoms with van der Waals surface area (Å²) in [6, 6.07) is 12.1. The number of nitrogens with zero attached hydrogens (tertiary/aromatic N) is 4. The third-order valence-electron chi connectivity index (χ3n) is 6.07. The molecule has 152 valence electrons. The van der Waals surface area contributed by atoms with Gasteiger partial charge in [0.2, 0.25) is 5.91 Å². The molecular formula is C23H21FN4O2. The zero-order valence-electron chi connectivity index (χ0n) is 16.6. The molecule has 1 amide bonds. The van der Waals surface area contributed by atoms with E-state index >= 15 is 0 Å². The fraction of sp³-hybridized carbons (Fsp3) is 0.348. The monoisotopic (exact) mass is 404 g/mol. The zero-order chi connectivity index (χ0) is 20.8. The number of aryl methyl sites for hydroxylation is 1. The Bertz CT molecular complexity index is 1180. The maximum absolute atomic E-state index is 13.9. The van der Waals surface area contributed by atoms with Crippen LogP contribution in [0, 0.1) is 30.0 Å². The number of benzene rings is 2. The van der Waals surface area contributed by atoms with E-state index in [0.29, 0.717) is 31.4 Å². The summed E-state index contributed by atoms with van der Waals surface area (Å²) >= 11 is 0. The standard InChI is InChI=1S/C23H21FN4O2/c1-14-2-3-21-18(6-14)13-27(26-21)20-10-17(11-20)23(29)28-22(4-5-30-28)16-7-15(12-25)8-19(24)9-16/h2-3,6-9,13,17,20,22H,4-5,10-11H2,1H3. The van der Waals surface area contributed by atoms with Crippen molar-refractivity contribution in [3.63, 3.8) is 0 Å². The highest BCUT2D eigenvalue weighted by Gasteiger charge is 2.42. The van der Waals surface area contributed by atoms with Gasteiger partial charge in [-0.3, -0.25) is 14.3 Å². The summed E-state index contributed by atoms with van der Waals surface area (Å²) in [4.78, 5) is 18.7. The average Bonchev–Trinajstić information content (AvgIpc) is 3.32. The normalized spacial score (nSPS) is 23.4. The van der Waals surface area contributed by atoms with Crippen molar-refractivity contribution in [1.82, 2.24) is 14.8 Å². The minimum absolute atomic E-state index is 0.0796. The van der Waals surface area contributed by atoms with E-state index in [2.05, 4.69) is 18.1 Å². The van der Waals surface area contributed by atoms with Crippen LogP contribution in [0.5, 0.6) is 0 Å². The molecule has 6 nitrogen and oxygen atoms in total. The lowest BCUT2D eigenvalue weighted by molar-refractivity contribution is -0.185. The summed E-state index contributed by atoms with van der Waals surface area (Å²) in [6.07, 6.45) is 4.02. The van der Waals surface area contributed by atoms with Gasteiger partial charge in [-0.1, -0.05) is 11.6 Å². The third kappa shape index (κ3) is 3.23. The number of rotatable bonds is 3. The number of fused-ring (bicyclic) bond motifs is 1. The summed E-state index contributed by atoms with van der Waals surface area (Å²) in [5.41, 5.74) is 2.99. The van der Waals surface area contributed by atoms with Crippen LogP contribution in [0.25, 0.3) is 10.9 Å². The van der Waals surface area contributed by atoms with E-state index in [0.717, 1.165) is 10.9 Å². The Morgan fingerprint density at radius 1 is 1.27 bits per heavy atom. The lowest BCUT2D eigenvalue weighted by Crippen LogP contribution is -2.41. The number of amides is 1. The molecule has 1 saturated heterocycles. The zero-order valence-corrected chi connectivity index (χ0v) is 16.6. The molecule has 0 spiro atoms. The van der Waals surface area contributed by atoms with Crippen molar-refractivity contribution in [1.29, 1.82) is 5.26 Å². The highest BCUT2D eigenvalue weighted by molar-refractivity contribution is 5.80. The molecule has 30 heavy (non-hydrogen) atoms. The summed E-state index contributed by atoms with van der Waals surface area (Å²) in [5, 5.41) is 16.2. The summed E-state index contributed by atoms with van der Waals surface area (Å²) in [6.45, 7) is 2.45. The van der Waals surface area contributed by atoms with Gasteiger partial charge in [0.05, 0.1) is 35.8 Å². The predicted molar refractivity (Wildman–Crippen MR) is 108 cm³/mol. The van der Waals surface area contributed by atoms with Crippen molar-refractivity contribution < 1.29 is 14.0 Å². The van der Waals surface area contributed by atoms with Gasteiger partial charge in [0.15, 0.2) is 0 Å². The molecule has 0 radical (unpaired) electrons. The first-order valence-electron chi connectivity index (χ1n) is 10.1. The lowest BCUT2D eigenvalue weighted by Gasteiger charge is -2.37. The summed E-state index contributed by atoms with van der Waals surface area (Å²) < 4.78 is 15.8. The number of nitriles is 1. The molecule has 1 aliphatic heterocycles. The van der Waals surface area contributed by atoms with Crippen LogP contribution >= 0.6 is 0 Å². The fourth-order valence-electron chi connectivity index (χ4n) is 4.40. The largest absolute Gasteiger partial charge is 0.272 e. The molecule has 0 N–H and O–H groups in total. The first kappa shape index (κ1) is 18.8. The maximum Gasteiger partial charge on any atom is 0.249 e. The second-order valence-corrected chi connectivity index (χ2v) is 8.18. The molecule has 3 aromatic rings. The summed E-state index contributed by atoms with van der Waals surface area (Å²) in [5.74, 6) is -0.703. The molecule has 0 bridgehead atoms. The second-order valence-electron chi connectivity index (χ2n) is 8.18.